The Labute approximate surface area is 95.8 Å². The molecule has 1 amide bonds. The van der Waals surface area contributed by atoms with Crippen LogP contribution < -0.4 is 10.6 Å². The van der Waals surface area contributed by atoms with Gasteiger partial charge in [-0.1, -0.05) is 0 Å². The molecule has 0 radical (unpaired) electrons. The topological polar surface area (TPSA) is 56.9 Å². The minimum atomic E-state index is 0.150. The van der Waals surface area contributed by atoms with E-state index in [9.17, 15) is 4.79 Å². The summed E-state index contributed by atoms with van der Waals surface area (Å²) in [6.45, 7) is 0. The van der Waals surface area contributed by atoms with Crippen LogP contribution in [0.15, 0.2) is 18.3 Å². The van der Waals surface area contributed by atoms with E-state index in [4.69, 9.17) is 0 Å². The molecule has 0 aromatic carbocycles. The highest BCUT2D eigenvalue weighted by atomic mass is 16.1. The summed E-state index contributed by atoms with van der Waals surface area (Å²) in [7, 11) is 1.99. The predicted molar refractivity (Wildman–Crippen MR) is 64.2 cm³/mol. The van der Waals surface area contributed by atoms with E-state index in [1.165, 1.54) is 0 Å². The monoisotopic (exact) mass is 221 g/mol. The van der Waals surface area contributed by atoms with Gasteiger partial charge in [-0.3, -0.25) is 4.79 Å². The van der Waals surface area contributed by atoms with Crippen LogP contribution in [-0.2, 0) is 4.79 Å². The van der Waals surface area contributed by atoms with Gasteiger partial charge in [0.05, 0.1) is 0 Å². The molecule has 16 heavy (non-hydrogen) atoms. The summed E-state index contributed by atoms with van der Waals surface area (Å²) < 4.78 is 0. The van der Waals surface area contributed by atoms with Crippen molar-refractivity contribution in [2.24, 2.45) is 5.92 Å². The van der Waals surface area contributed by atoms with Crippen molar-refractivity contribution in [3.8, 4) is 0 Å². The van der Waals surface area contributed by atoms with Crippen molar-refractivity contribution in [1.82, 2.24) is 10.3 Å². The molecule has 4 heteroatoms. The van der Waals surface area contributed by atoms with Crippen LogP contribution in [-0.4, -0.2) is 24.0 Å². The van der Waals surface area contributed by atoms with E-state index in [0.717, 1.165) is 31.5 Å². The average Bonchev–Trinajstić information content (AvgIpc) is 2.82. The van der Waals surface area contributed by atoms with Gasteiger partial charge in [-0.25, -0.2) is 0 Å². The van der Waals surface area contributed by atoms with Gasteiger partial charge >= 0.3 is 0 Å². The lowest BCUT2D eigenvalue weighted by molar-refractivity contribution is -0.120. The van der Waals surface area contributed by atoms with Gasteiger partial charge < -0.3 is 15.6 Å². The number of hydrogen-bond acceptors (Lipinski definition) is 2. The highest BCUT2D eigenvalue weighted by Crippen LogP contribution is 2.25. The van der Waals surface area contributed by atoms with Crippen LogP contribution in [0.5, 0.6) is 0 Å². The van der Waals surface area contributed by atoms with E-state index >= 15 is 0 Å². The molecular formula is C12H19N3O. The van der Waals surface area contributed by atoms with E-state index in [-0.39, 0.29) is 11.8 Å². The second kappa shape index (κ2) is 5.16. The lowest BCUT2D eigenvalue weighted by Gasteiger charge is -2.27. The van der Waals surface area contributed by atoms with E-state index in [0.29, 0.717) is 6.04 Å². The number of rotatable bonds is 3. The lowest BCUT2D eigenvalue weighted by atomic mass is 9.85. The largest absolute Gasteiger partial charge is 0.348 e. The van der Waals surface area contributed by atoms with Crippen LogP contribution >= 0.6 is 0 Å². The smallest absolute Gasteiger partial charge is 0.228 e. The summed E-state index contributed by atoms with van der Waals surface area (Å²) in [5.41, 5.74) is 0. The number of aromatic nitrogens is 1. The fraction of sp³-hybridized carbons (Fsp3) is 0.583. The van der Waals surface area contributed by atoms with Crippen LogP contribution in [0.25, 0.3) is 0 Å². The molecule has 2 rings (SSSR count). The maximum Gasteiger partial charge on any atom is 0.228 e. The van der Waals surface area contributed by atoms with Gasteiger partial charge in [0.15, 0.2) is 0 Å². The molecular weight excluding hydrogens is 202 g/mol. The summed E-state index contributed by atoms with van der Waals surface area (Å²) >= 11 is 0. The number of amides is 1. The van der Waals surface area contributed by atoms with Gasteiger partial charge in [0.1, 0.15) is 5.82 Å². The first-order valence-corrected chi connectivity index (χ1v) is 5.91. The van der Waals surface area contributed by atoms with Crippen molar-refractivity contribution in [3.05, 3.63) is 18.3 Å². The van der Waals surface area contributed by atoms with Crippen molar-refractivity contribution < 1.29 is 4.79 Å². The van der Waals surface area contributed by atoms with Gasteiger partial charge in [0.2, 0.25) is 5.91 Å². The van der Waals surface area contributed by atoms with E-state index in [1.807, 2.05) is 25.4 Å². The highest BCUT2D eigenvalue weighted by molar-refractivity contribution is 5.91. The predicted octanol–water partition coefficient (Wildman–Crippen LogP) is 1.73. The zero-order valence-corrected chi connectivity index (χ0v) is 9.62. The molecule has 3 N–H and O–H groups in total. The van der Waals surface area contributed by atoms with Gasteiger partial charge in [-0.05, 0) is 44.9 Å². The maximum atomic E-state index is 11.9. The van der Waals surface area contributed by atoms with Crippen LogP contribution in [0, 0.1) is 5.92 Å². The highest BCUT2D eigenvalue weighted by Gasteiger charge is 2.25. The fourth-order valence-corrected chi connectivity index (χ4v) is 2.29. The van der Waals surface area contributed by atoms with Crippen LogP contribution in [0.2, 0.25) is 0 Å². The maximum absolute atomic E-state index is 11.9. The van der Waals surface area contributed by atoms with E-state index < -0.39 is 0 Å². The summed E-state index contributed by atoms with van der Waals surface area (Å²) in [5, 5.41) is 6.18. The minimum absolute atomic E-state index is 0.150. The molecule has 0 unspecified atom stereocenters. The van der Waals surface area contributed by atoms with Gasteiger partial charge in [-0.15, -0.1) is 0 Å². The van der Waals surface area contributed by atoms with E-state index in [1.54, 1.807) is 0 Å². The third-order valence-corrected chi connectivity index (χ3v) is 3.36. The van der Waals surface area contributed by atoms with Crippen molar-refractivity contribution >= 4 is 11.7 Å². The average molecular weight is 221 g/mol. The Bertz CT molecular complexity index is 326. The molecule has 1 heterocycles. The molecule has 4 nitrogen and oxygen atoms in total. The van der Waals surface area contributed by atoms with Crippen LogP contribution in [0.3, 0.4) is 0 Å². The van der Waals surface area contributed by atoms with Gasteiger partial charge in [-0.2, -0.15) is 0 Å². The molecule has 0 spiro atoms. The van der Waals surface area contributed by atoms with Crippen molar-refractivity contribution in [2.75, 3.05) is 12.4 Å². The zero-order valence-electron chi connectivity index (χ0n) is 9.62. The second-order valence-electron chi connectivity index (χ2n) is 4.41. The minimum Gasteiger partial charge on any atom is -0.348 e. The number of nitrogens with one attached hydrogen (secondary N) is 3. The number of hydrogen-bond donors (Lipinski definition) is 3. The van der Waals surface area contributed by atoms with Gasteiger partial charge in [0, 0.05) is 18.2 Å². The summed E-state index contributed by atoms with van der Waals surface area (Å²) in [4.78, 5) is 14.9. The molecule has 0 aliphatic heterocycles. The molecule has 1 aliphatic rings. The molecule has 1 saturated carbocycles. The molecule has 0 saturated heterocycles. The summed E-state index contributed by atoms with van der Waals surface area (Å²) in [6, 6.07) is 4.35. The van der Waals surface area contributed by atoms with Crippen LogP contribution in [0.1, 0.15) is 25.7 Å². The normalized spacial score (nSPS) is 25.3. The standard InChI is InChI=1S/C12H19N3O/c1-13-10-6-4-9(5-7-10)12(16)15-11-3-2-8-14-11/h2-3,8-10,13-14H,4-7H2,1H3,(H,15,16). The number of carbonyl (C=O) groups is 1. The molecule has 0 bridgehead atoms. The van der Waals surface area contributed by atoms with Gasteiger partial charge in [0.25, 0.3) is 0 Å². The summed E-state index contributed by atoms with van der Waals surface area (Å²) in [6.07, 6.45) is 5.97. The number of aromatic amines is 1. The Morgan fingerprint density at radius 3 is 2.69 bits per heavy atom. The first kappa shape index (κ1) is 11.2. The number of carbonyl (C=O) groups excluding carboxylic acids is 1. The Morgan fingerprint density at radius 1 is 1.38 bits per heavy atom. The number of H-pyrrole nitrogens is 1. The molecule has 0 atom stereocenters. The quantitative estimate of drug-likeness (QED) is 0.728. The lowest BCUT2D eigenvalue weighted by Crippen LogP contribution is -2.34. The Morgan fingerprint density at radius 2 is 2.12 bits per heavy atom. The van der Waals surface area contributed by atoms with Crippen molar-refractivity contribution in [1.29, 1.82) is 0 Å². The van der Waals surface area contributed by atoms with Crippen LogP contribution in [0.4, 0.5) is 5.82 Å². The summed E-state index contributed by atoms with van der Waals surface area (Å²) in [5.74, 6) is 1.12. The fourth-order valence-electron chi connectivity index (χ4n) is 2.29. The molecule has 88 valence electrons. The molecule has 1 aliphatic carbocycles. The Hall–Kier alpha value is -1.29. The number of anilines is 1. The van der Waals surface area contributed by atoms with E-state index in [2.05, 4.69) is 15.6 Å². The zero-order chi connectivity index (χ0) is 11.4. The molecule has 1 fully saturated rings. The second-order valence-corrected chi connectivity index (χ2v) is 4.41. The Balaban J connectivity index is 1.82. The molecule has 1 aromatic heterocycles. The third kappa shape index (κ3) is 2.64. The first-order chi connectivity index (χ1) is 7.79. The first-order valence-electron chi connectivity index (χ1n) is 5.91. The van der Waals surface area contributed by atoms with Crippen molar-refractivity contribution in [2.45, 2.75) is 31.7 Å². The van der Waals surface area contributed by atoms with Crippen molar-refractivity contribution in [3.63, 3.8) is 0 Å². The SMILES string of the molecule is CNC1CCC(C(=O)Nc2ccc[nH]2)CC1. The molecule has 1 aromatic rings. The third-order valence-electron chi connectivity index (χ3n) is 3.36. The Kier molecular flexibility index (Phi) is 3.62.